The predicted octanol–water partition coefficient (Wildman–Crippen LogP) is 5.17. The Kier molecular flexibility index (Phi) is 3.76. The lowest BCUT2D eigenvalue weighted by Gasteiger charge is -2.12. The van der Waals surface area contributed by atoms with Crippen molar-refractivity contribution >= 4 is 31.9 Å². The van der Waals surface area contributed by atoms with Crippen LogP contribution in [0.1, 0.15) is 17.6 Å². The second-order valence-corrected chi connectivity index (χ2v) is 4.36. The quantitative estimate of drug-likeness (QED) is 0.611. The molecule has 0 aromatic heterocycles. The zero-order valence-corrected chi connectivity index (χ0v) is 10.0. The van der Waals surface area contributed by atoms with Crippen molar-refractivity contribution in [2.24, 2.45) is 0 Å². The molecular weight excluding hydrogens is 351 g/mol. The first-order valence-corrected chi connectivity index (χ1v) is 5.16. The maximum Gasteiger partial charge on any atom is 0.417 e. The maximum atomic E-state index is 12.3. The van der Waals surface area contributed by atoms with Gasteiger partial charge in [0.25, 0.3) is 6.43 Å². The largest absolute Gasteiger partial charge is 0.417 e. The first-order valence-electron chi connectivity index (χ1n) is 3.57. The van der Waals surface area contributed by atoms with E-state index in [0.29, 0.717) is 6.07 Å². The van der Waals surface area contributed by atoms with Gasteiger partial charge in [0.05, 0.1) is 5.56 Å². The molecule has 0 radical (unpaired) electrons. The Bertz CT molecular complexity index is 372. The van der Waals surface area contributed by atoms with E-state index in [1.807, 2.05) is 0 Å². The monoisotopic (exact) mass is 352 g/mol. The lowest BCUT2D eigenvalue weighted by Crippen LogP contribution is -2.07. The van der Waals surface area contributed by atoms with Crippen molar-refractivity contribution in [3.8, 4) is 0 Å². The van der Waals surface area contributed by atoms with E-state index in [2.05, 4.69) is 31.9 Å². The molecule has 1 aromatic rings. The molecule has 0 saturated carbocycles. The normalized spacial score (nSPS) is 12.3. The molecule has 0 saturated heterocycles. The Morgan fingerprint density at radius 3 is 1.93 bits per heavy atom. The molecule has 0 spiro atoms. The van der Waals surface area contributed by atoms with E-state index in [4.69, 9.17) is 0 Å². The van der Waals surface area contributed by atoms with Crippen LogP contribution in [0.4, 0.5) is 22.0 Å². The van der Waals surface area contributed by atoms with Crippen LogP contribution in [0, 0.1) is 0 Å². The van der Waals surface area contributed by atoms with Crippen molar-refractivity contribution in [2.75, 3.05) is 0 Å². The van der Waals surface area contributed by atoms with Gasteiger partial charge in [0, 0.05) is 14.5 Å². The lowest BCUT2D eigenvalue weighted by atomic mass is 10.1. The van der Waals surface area contributed by atoms with Gasteiger partial charge >= 0.3 is 6.18 Å². The first-order chi connectivity index (χ1) is 6.73. The molecule has 1 rings (SSSR count). The van der Waals surface area contributed by atoms with Gasteiger partial charge in [-0.2, -0.15) is 13.2 Å². The SMILES string of the molecule is FC(F)c1cc(C(F)(F)F)c(Br)cc1Br. The Labute approximate surface area is 98.7 Å². The van der Waals surface area contributed by atoms with Crippen molar-refractivity contribution in [1.82, 2.24) is 0 Å². The van der Waals surface area contributed by atoms with Gasteiger partial charge in [0.1, 0.15) is 0 Å². The first kappa shape index (κ1) is 12.9. The summed E-state index contributed by atoms with van der Waals surface area (Å²) in [6.07, 6.45) is -7.60. The van der Waals surface area contributed by atoms with E-state index < -0.39 is 23.7 Å². The smallest absolute Gasteiger partial charge is 0.205 e. The summed E-state index contributed by atoms with van der Waals surface area (Å²) >= 11 is 5.44. The number of alkyl halides is 5. The van der Waals surface area contributed by atoms with Crippen LogP contribution in [0.3, 0.4) is 0 Å². The van der Waals surface area contributed by atoms with Gasteiger partial charge in [-0.15, -0.1) is 0 Å². The van der Waals surface area contributed by atoms with Crippen LogP contribution in [0.25, 0.3) is 0 Å². The van der Waals surface area contributed by atoms with Crippen molar-refractivity contribution in [3.05, 3.63) is 32.2 Å². The Morgan fingerprint density at radius 1 is 1.00 bits per heavy atom. The zero-order chi connectivity index (χ0) is 11.8. The maximum absolute atomic E-state index is 12.3. The summed E-state index contributed by atoms with van der Waals surface area (Å²) in [4.78, 5) is 0. The third-order valence-corrected chi connectivity index (χ3v) is 2.97. The van der Waals surface area contributed by atoms with Crippen LogP contribution in [0.15, 0.2) is 21.1 Å². The fourth-order valence-corrected chi connectivity index (χ4v) is 2.34. The highest BCUT2D eigenvalue weighted by molar-refractivity contribution is 9.11. The molecule has 0 aliphatic carbocycles. The van der Waals surface area contributed by atoms with Gasteiger partial charge in [-0.25, -0.2) is 8.78 Å². The van der Waals surface area contributed by atoms with Gasteiger partial charge in [0.15, 0.2) is 0 Å². The highest BCUT2D eigenvalue weighted by Crippen LogP contribution is 2.40. The average Bonchev–Trinajstić information content (AvgIpc) is 2.00. The minimum absolute atomic E-state index is 0.0580. The lowest BCUT2D eigenvalue weighted by molar-refractivity contribution is -0.138. The van der Waals surface area contributed by atoms with E-state index >= 15 is 0 Å². The summed E-state index contributed by atoms with van der Waals surface area (Å²) in [7, 11) is 0. The third kappa shape index (κ3) is 2.90. The highest BCUT2D eigenvalue weighted by Gasteiger charge is 2.34. The molecule has 0 fully saturated rings. The highest BCUT2D eigenvalue weighted by atomic mass is 79.9. The number of hydrogen-bond acceptors (Lipinski definition) is 0. The Morgan fingerprint density at radius 2 is 1.53 bits per heavy atom. The molecule has 1 aromatic carbocycles. The summed E-state index contributed by atoms with van der Waals surface area (Å²) in [6, 6.07) is 1.39. The topological polar surface area (TPSA) is 0 Å². The minimum atomic E-state index is -4.65. The van der Waals surface area contributed by atoms with Crippen LogP contribution >= 0.6 is 31.9 Å². The van der Waals surface area contributed by atoms with Gasteiger partial charge in [-0.1, -0.05) is 31.9 Å². The van der Waals surface area contributed by atoms with E-state index in [9.17, 15) is 22.0 Å². The average molecular weight is 354 g/mol. The number of halogens is 7. The van der Waals surface area contributed by atoms with Gasteiger partial charge in [-0.3, -0.25) is 0 Å². The molecular formula is C8H3Br2F5. The number of rotatable bonds is 1. The van der Waals surface area contributed by atoms with Crippen LogP contribution in [0.5, 0.6) is 0 Å². The third-order valence-electron chi connectivity index (χ3n) is 1.63. The molecule has 0 heterocycles. The fourth-order valence-electron chi connectivity index (χ4n) is 0.950. The Hall–Kier alpha value is -0.170. The molecule has 0 atom stereocenters. The number of hydrogen-bond donors (Lipinski definition) is 0. The van der Waals surface area contributed by atoms with Crippen molar-refractivity contribution in [2.45, 2.75) is 12.6 Å². The molecule has 84 valence electrons. The van der Waals surface area contributed by atoms with Gasteiger partial charge < -0.3 is 0 Å². The summed E-state index contributed by atoms with van der Waals surface area (Å²) in [5.74, 6) is 0. The van der Waals surface area contributed by atoms with Crippen LogP contribution in [-0.2, 0) is 6.18 Å². The molecule has 0 nitrogen and oxygen atoms in total. The minimum Gasteiger partial charge on any atom is -0.205 e. The van der Waals surface area contributed by atoms with Crippen molar-refractivity contribution in [1.29, 1.82) is 0 Å². The van der Waals surface area contributed by atoms with Crippen LogP contribution < -0.4 is 0 Å². The summed E-state index contributed by atoms with van der Waals surface area (Å²) in [6.45, 7) is 0. The standard InChI is InChI=1S/C8H3Br2F5/c9-5-2-6(10)4(8(13,14)15)1-3(5)7(11)12/h1-2,7H. The summed E-state index contributed by atoms with van der Waals surface area (Å²) in [5, 5.41) is 0. The van der Waals surface area contributed by atoms with Crippen molar-refractivity contribution in [3.63, 3.8) is 0 Å². The number of benzene rings is 1. The fraction of sp³-hybridized carbons (Fsp3) is 0.250. The molecule has 0 aliphatic rings. The van der Waals surface area contributed by atoms with Crippen LogP contribution in [-0.4, -0.2) is 0 Å². The van der Waals surface area contributed by atoms with E-state index in [1.165, 1.54) is 0 Å². The van der Waals surface area contributed by atoms with Crippen LogP contribution in [0.2, 0.25) is 0 Å². The molecule has 0 N–H and O–H groups in total. The van der Waals surface area contributed by atoms with E-state index in [0.717, 1.165) is 6.07 Å². The molecule has 0 amide bonds. The molecule has 0 aliphatic heterocycles. The zero-order valence-electron chi connectivity index (χ0n) is 6.88. The summed E-state index contributed by atoms with van der Waals surface area (Å²) < 4.78 is 61.3. The second kappa shape index (κ2) is 4.37. The van der Waals surface area contributed by atoms with Gasteiger partial charge in [0.2, 0.25) is 0 Å². The molecule has 0 bridgehead atoms. The van der Waals surface area contributed by atoms with Crippen molar-refractivity contribution < 1.29 is 22.0 Å². The molecule has 15 heavy (non-hydrogen) atoms. The molecule has 7 heteroatoms. The van der Waals surface area contributed by atoms with E-state index in [-0.39, 0.29) is 8.95 Å². The second-order valence-electron chi connectivity index (χ2n) is 2.65. The van der Waals surface area contributed by atoms with E-state index in [1.54, 1.807) is 0 Å². The molecule has 0 unspecified atom stereocenters. The summed E-state index contributed by atoms with van der Waals surface area (Å²) in [5.41, 5.74) is -1.79. The van der Waals surface area contributed by atoms with Gasteiger partial charge in [-0.05, 0) is 12.1 Å². The predicted molar refractivity (Wildman–Crippen MR) is 51.8 cm³/mol. The Balaban J connectivity index is 3.37.